The average molecular weight is 1350 g/mol. The highest BCUT2D eigenvalue weighted by molar-refractivity contribution is 5.77. The molecule has 0 fully saturated rings. The molecule has 4 aromatic rings. The SMILES string of the molecule is C#CCC(CC#C)COC(=O)CCC(=O)OCCOCCOC(=O)C(Cc1c[n+](CCOCCOCCOCC)nn1C)Cc1c[n+](CCOCCOC(=O)C(Cc2c[n+](CCOCCOCCOCC)nn2C)Cc2c[n+](CCOCCOCCOCC)nn2C)nn1C. The van der Waals surface area contributed by atoms with Crippen LogP contribution in [0.25, 0.3) is 0 Å². The first kappa shape index (κ1) is 80.6. The quantitative estimate of drug-likeness (QED) is 0.0171. The van der Waals surface area contributed by atoms with Crippen molar-refractivity contribution >= 4 is 23.9 Å². The van der Waals surface area contributed by atoms with Gasteiger partial charge in [0.15, 0.2) is 47.6 Å². The van der Waals surface area contributed by atoms with Crippen molar-refractivity contribution in [3.05, 3.63) is 47.6 Å². The Morgan fingerprint density at radius 1 is 0.379 bits per heavy atom. The van der Waals surface area contributed by atoms with Gasteiger partial charge in [-0.3, -0.25) is 19.2 Å². The van der Waals surface area contributed by atoms with E-state index in [0.29, 0.717) is 171 Å². The number of nitrogens with zero attached hydrogens (tertiary/aromatic N) is 12. The molecule has 0 saturated heterocycles. The van der Waals surface area contributed by atoms with Crippen LogP contribution < -0.4 is 18.7 Å². The van der Waals surface area contributed by atoms with Crippen molar-refractivity contribution < 1.29 is 109 Å². The molecule has 4 rings (SSSR count). The van der Waals surface area contributed by atoms with Gasteiger partial charge in [0, 0.05) is 64.3 Å². The van der Waals surface area contributed by atoms with Crippen LogP contribution in [0.15, 0.2) is 24.8 Å². The number of aromatic nitrogens is 12. The molecule has 0 N–H and O–H groups in total. The topological polar surface area (TPSA) is 294 Å². The molecule has 0 aromatic carbocycles. The first-order chi connectivity index (χ1) is 46.3. The van der Waals surface area contributed by atoms with Crippen LogP contribution >= 0.6 is 0 Å². The van der Waals surface area contributed by atoms with Gasteiger partial charge in [0.1, 0.15) is 74.2 Å². The standard InChI is InChI=1S/C64H106N12O19/c1-10-15-54(16-11-2)53-95-62(78)18-17-61(77)92-42-39-91-41-44-94-64(80)56(47-59-51-75(67-71(59)8)21-25-86-35-38-90-32-29-83-14-5)48-60-52-76(68-72(60)9)22-26-87-40-43-93-63(79)55(45-57-49-73(65-69(57)6)19-23-84-33-36-88-30-27-81-12-3)46-58-50-74(66-70(58)7)20-24-85-34-37-89-31-28-82-13-4/h1-2,49-52,54-56H,12-48,53H2,3-9H3/q+4. The Morgan fingerprint density at radius 3 is 0.916 bits per heavy atom. The molecule has 1 unspecified atom stereocenters. The van der Waals surface area contributed by atoms with Gasteiger partial charge >= 0.3 is 23.9 Å². The molecule has 0 aliphatic heterocycles. The molecule has 0 bridgehead atoms. The smallest absolute Gasteiger partial charge is 0.309 e. The molecule has 4 heterocycles. The van der Waals surface area contributed by atoms with E-state index in [9.17, 15) is 19.2 Å². The van der Waals surface area contributed by atoms with Gasteiger partial charge in [0.05, 0.1) is 178 Å². The van der Waals surface area contributed by atoms with Crippen molar-refractivity contribution in [3.63, 3.8) is 0 Å². The van der Waals surface area contributed by atoms with Crippen LogP contribution in [-0.4, -0.2) is 235 Å². The van der Waals surface area contributed by atoms with E-state index in [2.05, 4.69) is 32.7 Å². The Bertz CT molecular complexity index is 2750. The fourth-order valence-electron chi connectivity index (χ4n) is 9.23. The second kappa shape index (κ2) is 50.5. The molecular formula is C64H106N12O19+4. The Hall–Kier alpha value is -6.88. The summed E-state index contributed by atoms with van der Waals surface area (Å²) in [4.78, 5) is 52.4. The molecule has 1 atom stereocenters. The molecule has 0 radical (unpaired) electrons. The number of esters is 4. The summed E-state index contributed by atoms with van der Waals surface area (Å²) in [5.41, 5.74) is 3.20. The van der Waals surface area contributed by atoms with Gasteiger partial charge in [0.2, 0.25) is 0 Å². The van der Waals surface area contributed by atoms with E-state index in [4.69, 9.17) is 83.9 Å². The Balaban J connectivity index is 1.31. The normalized spacial score (nSPS) is 11.8. The molecule has 95 heavy (non-hydrogen) atoms. The van der Waals surface area contributed by atoms with Gasteiger partial charge in [0.25, 0.3) is 0 Å². The molecule has 0 aliphatic carbocycles. The first-order valence-electron chi connectivity index (χ1n) is 32.8. The molecule has 0 amide bonds. The summed E-state index contributed by atoms with van der Waals surface area (Å²) >= 11 is 0. The number of ether oxygens (including phenoxy) is 15. The second-order valence-corrected chi connectivity index (χ2v) is 21.7. The summed E-state index contributed by atoms with van der Waals surface area (Å²) in [6.45, 7) is 17.1. The zero-order valence-electron chi connectivity index (χ0n) is 57.2. The van der Waals surface area contributed by atoms with Crippen molar-refractivity contribution in [2.45, 2.75) is 98.3 Å². The van der Waals surface area contributed by atoms with Crippen LogP contribution in [0.1, 0.15) is 69.2 Å². The summed E-state index contributed by atoms with van der Waals surface area (Å²) in [7, 11) is 7.30. The largest absolute Gasteiger partial charge is 0.465 e. The van der Waals surface area contributed by atoms with Crippen molar-refractivity contribution in [2.24, 2.45) is 45.9 Å². The van der Waals surface area contributed by atoms with Crippen molar-refractivity contribution in [3.8, 4) is 24.7 Å². The number of carbonyl (C=O) groups is 4. The van der Waals surface area contributed by atoms with E-state index in [1.807, 2.05) is 66.7 Å². The first-order valence-corrected chi connectivity index (χ1v) is 32.8. The lowest BCUT2D eigenvalue weighted by Crippen LogP contribution is -2.38. The van der Waals surface area contributed by atoms with Gasteiger partial charge in [-0.15, -0.1) is 62.1 Å². The average Bonchev–Trinajstić information content (AvgIpc) is 1.88. The summed E-state index contributed by atoms with van der Waals surface area (Å²) < 4.78 is 97.6. The fraction of sp³-hybridized carbons (Fsp3) is 0.750. The Kier molecular flexibility index (Phi) is 42.8. The van der Waals surface area contributed by atoms with E-state index < -0.39 is 35.7 Å². The van der Waals surface area contributed by atoms with Crippen LogP contribution in [0.2, 0.25) is 0 Å². The number of carbonyl (C=O) groups excluding carboxylic acids is 4. The second-order valence-electron chi connectivity index (χ2n) is 21.7. The lowest BCUT2D eigenvalue weighted by atomic mass is 9.98. The van der Waals surface area contributed by atoms with Gasteiger partial charge in [-0.1, -0.05) is 0 Å². The Morgan fingerprint density at radius 2 is 0.632 bits per heavy atom. The number of rotatable bonds is 59. The highest BCUT2D eigenvalue weighted by atomic mass is 16.6. The molecule has 0 aliphatic rings. The fourth-order valence-corrected chi connectivity index (χ4v) is 9.23. The lowest BCUT2D eigenvalue weighted by Gasteiger charge is -2.13. The number of hydrogen-bond donors (Lipinski definition) is 0. The minimum atomic E-state index is -0.660. The molecule has 31 nitrogen and oxygen atoms in total. The van der Waals surface area contributed by atoms with Crippen molar-refractivity contribution in [2.75, 3.05) is 172 Å². The molecule has 4 aromatic heterocycles. The highest BCUT2D eigenvalue weighted by Crippen LogP contribution is 2.17. The number of terminal acetylenes is 2. The van der Waals surface area contributed by atoms with Gasteiger partial charge in [-0.2, -0.15) is 0 Å². The zero-order valence-corrected chi connectivity index (χ0v) is 57.2. The van der Waals surface area contributed by atoms with Crippen LogP contribution in [0.3, 0.4) is 0 Å². The predicted molar refractivity (Wildman–Crippen MR) is 335 cm³/mol. The number of hydrogen-bond acceptors (Lipinski definition) is 23. The summed E-state index contributed by atoms with van der Waals surface area (Å²) in [5.74, 6) is 1.63. The van der Waals surface area contributed by atoms with Crippen LogP contribution in [-0.2, 0) is 170 Å². The van der Waals surface area contributed by atoms with Crippen LogP contribution in [0.5, 0.6) is 0 Å². The highest BCUT2D eigenvalue weighted by Gasteiger charge is 2.31. The van der Waals surface area contributed by atoms with E-state index in [-0.39, 0.29) is 84.5 Å². The molecular weight excluding hydrogens is 1240 g/mol. The van der Waals surface area contributed by atoms with E-state index in [0.717, 1.165) is 22.8 Å². The molecule has 0 spiro atoms. The van der Waals surface area contributed by atoms with Crippen LogP contribution in [0, 0.1) is 42.4 Å². The molecule has 532 valence electrons. The Labute approximate surface area is 558 Å². The number of aryl methyl sites for hydroxylation is 4. The van der Waals surface area contributed by atoms with Crippen LogP contribution in [0.4, 0.5) is 0 Å². The third kappa shape index (κ3) is 35.6. The third-order valence-corrected chi connectivity index (χ3v) is 14.3. The summed E-state index contributed by atoms with van der Waals surface area (Å²) in [5, 5.41) is 18.6. The summed E-state index contributed by atoms with van der Waals surface area (Å²) in [6.07, 6.45) is 20.0. The maximum absolute atomic E-state index is 14.1. The van der Waals surface area contributed by atoms with Crippen molar-refractivity contribution in [1.82, 2.24) is 39.6 Å². The monoisotopic (exact) mass is 1350 g/mol. The summed E-state index contributed by atoms with van der Waals surface area (Å²) in [6, 6.07) is 0. The van der Waals surface area contributed by atoms with Gasteiger partial charge in [-0.05, 0) is 20.8 Å². The maximum atomic E-state index is 14.1. The van der Waals surface area contributed by atoms with Gasteiger partial charge < -0.3 is 71.1 Å². The minimum Gasteiger partial charge on any atom is -0.465 e. The van der Waals surface area contributed by atoms with Gasteiger partial charge in [-0.25, -0.2) is 0 Å². The van der Waals surface area contributed by atoms with E-state index in [1.165, 1.54) is 0 Å². The predicted octanol–water partition coefficient (Wildman–Crippen LogP) is -0.868. The van der Waals surface area contributed by atoms with E-state index >= 15 is 0 Å². The van der Waals surface area contributed by atoms with Crippen molar-refractivity contribution in [1.29, 1.82) is 0 Å². The lowest BCUT2D eigenvalue weighted by molar-refractivity contribution is -0.756. The maximum Gasteiger partial charge on any atom is 0.309 e. The van der Waals surface area contributed by atoms with E-state index in [1.54, 1.807) is 44.5 Å². The zero-order chi connectivity index (χ0) is 68.5. The molecule has 0 saturated carbocycles. The third-order valence-electron chi connectivity index (χ3n) is 14.3. The minimum absolute atomic E-state index is 0.0156. The molecule has 31 heteroatoms.